The van der Waals surface area contributed by atoms with Gasteiger partial charge in [0.2, 0.25) is 0 Å². The fourth-order valence-electron chi connectivity index (χ4n) is 1.50. The Bertz CT molecular complexity index is 677. The topological polar surface area (TPSA) is 105 Å². The number of aromatic nitrogens is 1. The molecule has 0 amide bonds. The van der Waals surface area contributed by atoms with Crippen LogP contribution in [0.3, 0.4) is 0 Å². The van der Waals surface area contributed by atoms with E-state index < -0.39 is 10.9 Å². The van der Waals surface area contributed by atoms with Crippen LogP contribution in [-0.2, 0) is 0 Å². The number of pyridine rings is 1. The summed E-state index contributed by atoms with van der Waals surface area (Å²) < 4.78 is 0.384. The number of aromatic carboxylic acids is 1. The van der Waals surface area contributed by atoms with Gasteiger partial charge in [-0.1, -0.05) is 11.6 Å². The van der Waals surface area contributed by atoms with E-state index in [0.29, 0.717) is 16.0 Å². The molecule has 0 bridgehead atoms. The molecule has 0 aliphatic rings. The highest BCUT2D eigenvalue weighted by Crippen LogP contribution is 2.30. The van der Waals surface area contributed by atoms with Crippen molar-refractivity contribution in [1.82, 2.24) is 4.98 Å². The molecule has 0 fully saturated rings. The molecule has 0 unspecified atom stereocenters. The molecule has 108 valence electrons. The Kier molecular flexibility index (Phi) is 4.39. The molecule has 2 rings (SSSR count). The standard InChI is InChI=1S/C12H7BrClN3O4/c13-8-4-7(17(20)21)5-15-11(8)16-10-2-1-6(12(18)19)3-9(10)14/h1-5H,(H,15,16)(H,18,19). The van der Waals surface area contributed by atoms with Crippen molar-refractivity contribution in [3.05, 3.63) is 55.6 Å². The zero-order valence-corrected chi connectivity index (χ0v) is 12.6. The molecule has 0 saturated heterocycles. The van der Waals surface area contributed by atoms with Gasteiger partial charge in [-0.15, -0.1) is 0 Å². The van der Waals surface area contributed by atoms with E-state index in [4.69, 9.17) is 16.7 Å². The van der Waals surface area contributed by atoms with Crippen molar-refractivity contribution in [2.24, 2.45) is 0 Å². The van der Waals surface area contributed by atoms with Gasteiger partial charge in [0.05, 0.1) is 25.7 Å². The Morgan fingerprint density at radius 2 is 2.14 bits per heavy atom. The van der Waals surface area contributed by atoms with Crippen LogP contribution in [0.1, 0.15) is 10.4 Å². The summed E-state index contributed by atoms with van der Waals surface area (Å²) >= 11 is 9.15. The lowest BCUT2D eigenvalue weighted by Gasteiger charge is -2.09. The van der Waals surface area contributed by atoms with Gasteiger partial charge in [-0.25, -0.2) is 9.78 Å². The number of hydrogen-bond acceptors (Lipinski definition) is 5. The van der Waals surface area contributed by atoms with Crippen LogP contribution in [0, 0.1) is 10.1 Å². The van der Waals surface area contributed by atoms with E-state index in [-0.39, 0.29) is 16.3 Å². The van der Waals surface area contributed by atoms with Crippen molar-refractivity contribution in [1.29, 1.82) is 0 Å². The minimum absolute atomic E-state index is 0.0567. The third kappa shape index (κ3) is 3.47. The number of carboxylic acid groups (broad SMARTS) is 1. The quantitative estimate of drug-likeness (QED) is 0.624. The summed E-state index contributed by atoms with van der Waals surface area (Å²) in [6.45, 7) is 0. The summed E-state index contributed by atoms with van der Waals surface area (Å²) in [6, 6.07) is 5.47. The third-order valence-electron chi connectivity index (χ3n) is 2.51. The largest absolute Gasteiger partial charge is 0.478 e. The van der Waals surface area contributed by atoms with Crippen LogP contribution in [-0.4, -0.2) is 21.0 Å². The number of benzene rings is 1. The molecule has 7 nitrogen and oxygen atoms in total. The molecular weight excluding hydrogens is 366 g/mol. The van der Waals surface area contributed by atoms with Crippen LogP contribution in [0.25, 0.3) is 0 Å². The van der Waals surface area contributed by atoms with Gasteiger partial charge in [-0.3, -0.25) is 10.1 Å². The number of nitrogens with zero attached hydrogens (tertiary/aromatic N) is 2. The van der Waals surface area contributed by atoms with Crippen LogP contribution in [0.2, 0.25) is 5.02 Å². The molecule has 9 heteroatoms. The first-order valence-electron chi connectivity index (χ1n) is 5.48. The number of halogens is 2. The van der Waals surface area contributed by atoms with Crippen LogP contribution < -0.4 is 5.32 Å². The minimum atomic E-state index is -1.09. The fraction of sp³-hybridized carbons (Fsp3) is 0. The number of hydrogen-bond donors (Lipinski definition) is 2. The number of anilines is 2. The van der Waals surface area contributed by atoms with Gasteiger partial charge < -0.3 is 10.4 Å². The zero-order chi connectivity index (χ0) is 15.6. The van der Waals surface area contributed by atoms with Gasteiger partial charge >= 0.3 is 5.97 Å². The molecule has 0 atom stereocenters. The lowest BCUT2D eigenvalue weighted by molar-refractivity contribution is -0.385. The molecule has 2 aromatic rings. The maximum Gasteiger partial charge on any atom is 0.335 e. The van der Waals surface area contributed by atoms with Gasteiger partial charge in [-0.2, -0.15) is 0 Å². The van der Waals surface area contributed by atoms with Crippen molar-refractivity contribution >= 4 is 50.7 Å². The zero-order valence-electron chi connectivity index (χ0n) is 10.2. The van der Waals surface area contributed by atoms with Gasteiger partial charge in [-0.05, 0) is 34.1 Å². The summed E-state index contributed by atoms with van der Waals surface area (Å²) in [5.74, 6) is -0.760. The van der Waals surface area contributed by atoms with Gasteiger partial charge in [0, 0.05) is 6.07 Å². The van der Waals surface area contributed by atoms with E-state index in [1.165, 1.54) is 24.3 Å². The molecule has 1 aromatic carbocycles. The average Bonchev–Trinajstić information content (AvgIpc) is 2.42. The third-order valence-corrected chi connectivity index (χ3v) is 3.42. The highest BCUT2D eigenvalue weighted by Gasteiger charge is 2.12. The fourth-order valence-corrected chi connectivity index (χ4v) is 2.16. The maximum atomic E-state index is 10.8. The van der Waals surface area contributed by atoms with Crippen molar-refractivity contribution in [2.75, 3.05) is 5.32 Å². The van der Waals surface area contributed by atoms with Gasteiger partial charge in [0.1, 0.15) is 12.0 Å². The Balaban J connectivity index is 2.30. The maximum absolute atomic E-state index is 10.8. The van der Waals surface area contributed by atoms with Crippen molar-refractivity contribution < 1.29 is 14.8 Å². The summed E-state index contributed by atoms with van der Waals surface area (Å²) in [4.78, 5) is 24.8. The van der Waals surface area contributed by atoms with Crippen LogP contribution >= 0.6 is 27.5 Å². The molecule has 1 aromatic heterocycles. The predicted molar refractivity (Wildman–Crippen MR) is 80.3 cm³/mol. The molecule has 0 aliphatic heterocycles. The second kappa shape index (κ2) is 6.06. The monoisotopic (exact) mass is 371 g/mol. The Morgan fingerprint density at radius 1 is 1.43 bits per heavy atom. The van der Waals surface area contributed by atoms with E-state index >= 15 is 0 Å². The minimum Gasteiger partial charge on any atom is -0.478 e. The Labute approximate surface area is 131 Å². The first-order valence-corrected chi connectivity index (χ1v) is 6.65. The van der Waals surface area contributed by atoms with E-state index in [1.807, 2.05) is 0 Å². The second-order valence-electron chi connectivity index (χ2n) is 3.91. The number of carboxylic acids is 1. The Hall–Kier alpha value is -2.19. The number of nitro groups is 1. The molecule has 0 radical (unpaired) electrons. The SMILES string of the molecule is O=C(O)c1ccc(Nc2ncc([N+](=O)[O-])cc2Br)c(Cl)c1. The Morgan fingerprint density at radius 3 is 2.67 bits per heavy atom. The summed E-state index contributed by atoms with van der Waals surface area (Å²) in [7, 11) is 0. The van der Waals surface area contributed by atoms with Gasteiger partial charge in [0.25, 0.3) is 5.69 Å². The van der Waals surface area contributed by atoms with Crippen molar-refractivity contribution in [3.8, 4) is 0 Å². The molecule has 0 aliphatic carbocycles. The van der Waals surface area contributed by atoms with Crippen molar-refractivity contribution in [3.63, 3.8) is 0 Å². The highest BCUT2D eigenvalue weighted by atomic mass is 79.9. The summed E-state index contributed by atoms with van der Waals surface area (Å²) in [5, 5.41) is 22.5. The second-order valence-corrected chi connectivity index (χ2v) is 5.17. The number of nitrogens with one attached hydrogen (secondary N) is 1. The van der Waals surface area contributed by atoms with E-state index in [1.54, 1.807) is 0 Å². The molecule has 0 spiro atoms. The predicted octanol–water partition coefficient (Wildman–Crippen LogP) is 3.85. The smallest absolute Gasteiger partial charge is 0.335 e. The van der Waals surface area contributed by atoms with Crippen LogP contribution in [0.4, 0.5) is 17.2 Å². The van der Waals surface area contributed by atoms with Gasteiger partial charge in [0.15, 0.2) is 0 Å². The van der Waals surface area contributed by atoms with Crippen molar-refractivity contribution in [2.45, 2.75) is 0 Å². The average molecular weight is 373 g/mol. The van der Waals surface area contributed by atoms with Crippen LogP contribution in [0.5, 0.6) is 0 Å². The molecule has 0 saturated carbocycles. The van der Waals surface area contributed by atoms with E-state index in [0.717, 1.165) is 6.20 Å². The lowest BCUT2D eigenvalue weighted by atomic mass is 10.2. The highest BCUT2D eigenvalue weighted by molar-refractivity contribution is 9.10. The summed E-state index contributed by atoms with van der Waals surface area (Å²) in [5.41, 5.74) is 0.338. The molecule has 2 N–H and O–H groups in total. The first-order chi connectivity index (χ1) is 9.88. The normalized spacial score (nSPS) is 10.2. The number of rotatable bonds is 4. The lowest BCUT2D eigenvalue weighted by Crippen LogP contribution is -2.00. The van der Waals surface area contributed by atoms with E-state index in [2.05, 4.69) is 26.2 Å². The molecule has 1 heterocycles. The van der Waals surface area contributed by atoms with E-state index in [9.17, 15) is 14.9 Å². The summed E-state index contributed by atoms with van der Waals surface area (Å²) in [6.07, 6.45) is 1.10. The number of carbonyl (C=O) groups is 1. The molecule has 21 heavy (non-hydrogen) atoms. The van der Waals surface area contributed by atoms with Crippen LogP contribution in [0.15, 0.2) is 34.9 Å². The molecular formula is C12H7BrClN3O4. The first kappa shape index (κ1) is 15.2.